The lowest BCUT2D eigenvalue weighted by molar-refractivity contribution is 0.582. The third-order valence-corrected chi connectivity index (χ3v) is 12.2. The third kappa shape index (κ3) is 8.87. The number of H-pyrrole nitrogens is 1. The highest BCUT2D eigenvalue weighted by molar-refractivity contribution is 7.91. The number of hydrogen-bond acceptors (Lipinski definition) is 10. The van der Waals surface area contributed by atoms with Gasteiger partial charge >= 0.3 is 0 Å². The fraction of sp³-hybridized carbons (Fsp3) is 0.471. The summed E-state index contributed by atoms with van der Waals surface area (Å²) in [6, 6.07) is 9.48. The van der Waals surface area contributed by atoms with Crippen LogP contribution in [0.2, 0.25) is 0 Å². The molecule has 2 aliphatic rings. The van der Waals surface area contributed by atoms with Gasteiger partial charge < -0.3 is 11.5 Å². The maximum atomic E-state index is 13.1. The van der Waals surface area contributed by atoms with Crippen molar-refractivity contribution in [2.45, 2.75) is 101 Å². The Morgan fingerprint density at radius 2 is 1.06 bits per heavy atom. The summed E-state index contributed by atoms with van der Waals surface area (Å²) < 4.78 is 52.4. The van der Waals surface area contributed by atoms with Crippen molar-refractivity contribution >= 4 is 54.9 Å². The summed E-state index contributed by atoms with van der Waals surface area (Å²) in [5.41, 5.74) is 14.4. The van der Waals surface area contributed by atoms with Crippen LogP contribution >= 0.6 is 0 Å². The van der Waals surface area contributed by atoms with Gasteiger partial charge in [0, 0.05) is 22.3 Å². The van der Waals surface area contributed by atoms with Crippen LogP contribution in [0.5, 0.6) is 0 Å². The van der Waals surface area contributed by atoms with Gasteiger partial charge in [-0.15, -0.1) is 5.10 Å². The summed E-state index contributed by atoms with van der Waals surface area (Å²) in [7, 11) is -7.02. The van der Waals surface area contributed by atoms with Crippen molar-refractivity contribution in [1.29, 1.82) is 0 Å². The van der Waals surface area contributed by atoms with Crippen LogP contribution in [-0.4, -0.2) is 66.9 Å². The Bertz CT molecular complexity index is 1870. The number of nitrogens with zero attached hydrogens (tertiary/aromatic N) is 6. The van der Waals surface area contributed by atoms with E-state index in [1.165, 1.54) is 0 Å². The molecular weight excluding hydrogens is 663 g/mol. The van der Waals surface area contributed by atoms with E-state index < -0.39 is 19.7 Å². The van der Waals surface area contributed by atoms with E-state index in [4.69, 9.17) is 11.5 Å². The summed E-state index contributed by atoms with van der Waals surface area (Å²) in [4.78, 5) is 22.2. The van der Waals surface area contributed by atoms with Gasteiger partial charge in [-0.3, -0.25) is 0 Å². The minimum atomic E-state index is -3.51. The van der Waals surface area contributed by atoms with Crippen molar-refractivity contribution in [3.63, 3.8) is 0 Å². The lowest BCUT2D eigenvalue weighted by Crippen LogP contribution is -2.12. The SMILES string of the molecule is CCCCCCCCS(=O)(=O)c1ccc2c(c1)/C(=N/c1n[nH]c(/N=C3\N=C(N)c4ccc(S(=O)(=O)CCCCCCCC)cc43)n1)N=C2N. The van der Waals surface area contributed by atoms with Gasteiger partial charge in [-0.25, -0.2) is 31.9 Å². The van der Waals surface area contributed by atoms with E-state index in [2.05, 4.69) is 49.0 Å². The maximum Gasteiger partial charge on any atom is 0.272 e. The molecule has 0 saturated carbocycles. The Hall–Kier alpha value is -4.24. The Morgan fingerprint density at radius 3 is 1.55 bits per heavy atom. The molecule has 15 heteroatoms. The Balaban J connectivity index is 1.31. The van der Waals surface area contributed by atoms with Crippen molar-refractivity contribution in [1.82, 2.24) is 15.2 Å². The molecule has 0 radical (unpaired) electrons. The number of sulfone groups is 2. The molecule has 0 saturated heterocycles. The van der Waals surface area contributed by atoms with E-state index in [1.54, 1.807) is 36.4 Å². The first kappa shape index (κ1) is 36.1. The number of aromatic amines is 1. The second-order valence-corrected chi connectivity index (χ2v) is 16.6. The highest BCUT2D eigenvalue weighted by atomic mass is 32.2. The zero-order valence-corrected chi connectivity index (χ0v) is 29.8. The van der Waals surface area contributed by atoms with E-state index in [1.807, 2.05) is 0 Å². The van der Waals surface area contributed by atoms with Crippen LogP contribution in [0.1, 0.15) is 113 Å². The van der Waals surface area contributed by atoms with Gasteiger partial charge in [0.15, 0.2) is 31.3 Å². The number of unbranched alkanes of at least 4 members (excludes halogenated alkanes) is 10. The highest BCUT2D eigenvalue weighted by Gasteiger charge is 2.26. The number of aliphatic imine (C=N–C) groups is 4. The molecule has 0 unspecified atom stereocenters. The molecule has 0 fully saturated rings. The van der Waals surface area contributed by atoms with Gasteiger partial charge in [-0.1, -0.05) is 78.1 Å². The fourth-order valence-electron chi connectivity index (χ4n) is 5.81. The van der Waals surface area contributed by atoms with E-state index in [9.17, 15) is 16.8 Å². The van der Waals surface area contributed by atoms with Crippen LogP contribution in [0, 0.1) is 0 Å². The molecule has 262 valence electrons. The summed E-state index contributed by atoms with van der Waals surface area (Å²) >= 11 is 0. The lowest BCUT2D eigenvalue weighted by atomic mass is 10.1. The van der Waals surface area contributed by atoms with Crippen molar-refractivity contribution in [3.05, 3.63) is 58.7 Å². The number of nitrogens with two attached hydrogens (primary N) is 2. The van der Waals surface area contributed by atoms with E-state index in [0.29, 0.717) is 35.1 Å². The first-order chi connectivity index (χ1) is 23.5. The molecule has 2 aromatic carbocycles. The Kier molecular flexibility index (Phi) is 11.8. The molecular formula is C34H45N9O4S2. The number of rotatable bonds is 18. The number of amidine groups is 4. The number of nitrogens with one attached hydrogen (secondary N) is 1. The standard InChI is InChI=1S/C34H45N9O4S2/c1-3-5-7-9-11-13-19-48(44,45)23-15-17-25-27(21-23)31(37-29(25)35)39-33-41-34(43-42-33)40-32-28-22-24(16-18-26(28)30(36)38-32)49(46,47)20-14-12-10-8-6-4-2/h15-18,21-22H,3-14,19-20H2,1-2H3,(H5,35,36,37,38,39,40,41,42,43). The maximum absolute atomic E-state index is 13.1. The van der Waals surface area contributed by atoms with E-state index >= 15 is 0 Å². The van der Waals surface area contributed by atoms with Gasteiger partial charge in [0.1, 0.15) is 11.7 Å². The van der Waals surface area contributed by atoms with Crippen molar-refractivity contribution < 1.29 is 16.8 Å². The molecule has 2 aliphatic heterocycles. The van der Waals surface area contributed by atoms with Gasteiger partial charge in [-0.05, 0) is 49.2 Å². The number of fused-ring (bicyclic) bond motifs is 2. The summed E-state index contributed by atoms with van der Waals surface area (Å²) in [6.45, 7) is 4.29. The quantitative estimate of drug-likeness (QED) is 0.140. The predicted molar refractivity (Wildman–Crippen MR) is 194 cm³/mol. The average molecular weight is 708 g/mol. The van der Waals surface area contributed by atoms with Crippen LogP contribution in [0.3, 0.4) is 0 Å². The average Bonchev–Trinajstić information content (AvgIpc) is 3.75. The van der Waals surface area contributed by atoms with Crippen LogP contribution in [-0.2, 0) is 19.7 Å². The lowest BCUT2D eigenvalue weighted by Gasteiger charge is -2.07. The molecule has 0 atom stereocenters. The van der Waals surface area contributed by atoms with Crippen LogP contribution in [0.4, 0.5) is 11.9 Å². The topological polar surface area (TPSA) is 211 Å². The molecule has 5 N–H and O–H groups in total. The largest absolute Gasteiger partial charge is 0.383 e. The highest BCUT2D eigenvalue weighted by Crippen LogP contribution is 2.27. The monoisotopic (exact) mass is 707 g/mol. The molecule has 49 heavy (non-hydrogen) atoms. The van der Waals surface area contributed by atoms with Crippen molar-refractivity contribution in [2.24, 2.45) is 31.4 Å². The third-order valence-electron chi connectivity index (χ3n) is 8.60. The minimum absolute atomic E-state index is 0.00970. The van der Waals surface area contributed by atoms with Crippen molar-refractivity contribution in [2.75, 3.05) is 11.5 Å². The Labute approximate surface area is 288 Å². The van der Waals surface area contributed by atoms with Crippen molar-refractivity contribution in [3.8, 4) is 0 Å². The van der Waals surface area contributed by atoms with Gasteiger partial charge in [0.05, 0.1) is 21.3 Å². The van der Waals surface area contributed by atoms with Crippen LogP contribution < -0.4 is 11.5 Å². The molecule has 0 amide bonds. The summed E-state index contributed by atoms with van der Waals surface area (Å²) in [5.74, 6) is 0.962. The molecule has 3 aromatic rings. The van der Waals surface area contributed by atoms with Crippen LogP contribution in [0.15, 0.2) is 66.2 Å². The van der Waals surface area contributed by atoms with Gasteiger partial charge in [0.2, 0.25) is 5.95 Å². The minimum Gasteiger partial charge on any atom is -0.383 e. The first-order valence-electron chi connectivity index (χ1n) is 17.1. The fourth-order valence-corrected chi connectivity index (χ4v) is 8.60. The molecule has 0 bridgehead atoms. The molecule has 3 heterocycles. The Morgan fingerprint density at radius 1 is 0.612 bits per heavy atom. The van der Waals surface area contributed by atoms with Crippen LogP contribution in [0.25, 0.3) is 0 Å². The molecule has 5 rings (SSSR count). The zero-order chi connectivity index (χ0) is 35.0. The molecule has 1 aromatic heterocycles. The smallest absolute Gasteiger partial charge is 0.272 e. The second kappa shape index (κ2) is 16.0. The zero-order valence-electron chi connectivity index (χ0n) is 28.2. The first-order valence-corrected chi connectivity index (χ1v) is 20.4. The number of hydrogen-bond donors (Lipinski definition) is 3. The normalized spacial score (nSPS) is 15.9. The van der Waals surface area contributed by atoms with Gasteiger partial charge in [-0.2, -0.15) is 15.0 Å². The second-order valence-electron chi connectivity index (χ2n) is 12.4. The molecule has 0 aliphatic carbocycles. The number of aromatic nitrogens is 3. The summed E-state index contributed by atoms with van der Waals surface area (Å²) in [6.07, 6.45) is 11.8. The van der Waals surface area contributed by atoms with E-state index in [0.717, 1.165) is 64.2 Å². The molecule has 13 nitrogen and oxygen atoms in total. The van der Waals surface area contributed by atoms with Gasteiger partial charge in [0.25, 0.3) is 5.95 Å². The summed E-state index contributed by atoms with van der Waals surface area (Å²) in [5, 5.41) is 6.82. The van der Waals surface area contributed by atoms with E-state index in [-0.39, 0.29) is 56.5 Å². The number of benzene rings is 2. The molecule has 0 spiro atoms. The predicted octanol–water partition coefficient (Wildman–Crippen LogP) is 5.67.